The van der Waals surface area contributed by atoms with Crippen LogP contribution < -0.4 is 59.7 Å². The van der Waals surface area contributed by atoms with E-state index in [1.807, 2.05) is 0 Å². The standard InChI is InChI=1S/C43H66N12O13S/c1-5-25(2)37-40(67)50-28(10-12-31(44)59)38(65)52-30(16-32(45)60)39(66)51-29(41(68)55(3)20-36(64)54-42(23-56,14-15-69-4)21-47-18-33(46)61)11-13-34(62)48-19-35(63)53-43(24-57,22-49-37)17-26-6-8-27(58)9-7-26/h6-9,23-25,28-30,37,47,49,58H,5,10-22H2,1-4H3,(H2,44,59)(H2,45,60)(H2,46,61)(H,48,62)(H,50,67)(H,51,66)(H,52,65)(H,53,63)(H,54,64)/t25?,28-,29-,30-,37?,42+,43+/m0/s1. The maximum atomic E-state index is 14.1. The minimum Gasteiger partial charge on any atom is -0.508 e. The smallest absolute Gasteiger partial charge is 0.245 e. The van der Waals surface area contributed by atoms with Crippen LogP contribution in [-0.2, 0) is 64.0 Å². The minimum absolute atomic E-state index is 0.0734. The molecule has 0 saturated carbocycles. The van der Waals surface area contributed by atoms with E-state index >= 15 is 0 Å². The summed E-state index contributed by atoms with van der Waals surface area (Å²) in [5, 5.41) is 30.5. The van der Waals surface area contributed by atoms with Crippen molar-refractivity contribution in [1.82, 2.24) is 47.4 Å². The lowest BCUT2D eigenvalue weighted by molar-refractivity contribution is -0.140. The van der Waals surface area contributed by atoms with Crippen LogP contribution >= 0.6 is 11.8 Å². The van der Waals surface area contributed by atoms with Gasteiger partial charge in [-0.3, -0.25) is 47.9 Å². The molecule has 7 atom stereocenters. The number of nitrogens with one attached hydrogen (secondary N) is 8. The van der Waals surface area contributed by atoms with E-state index in [0.717, 1.165) is 4.90 Å². The van der Waals surface area contributed by atoms with Crippen LogP contribution in [0.2, 0.25) is 0 Å². The normalized spacial score (nSPS) is 22.3. The number of carbonyl (C=O) groups is 12. The molecule has 1 aliphatic rings. The number of aldehydes is 2. The van der Waals surface area contributed by atoms with Gasteiger partial charge >= 0.3 is 0 Å². The van der Waals surface area contributed by atoms with Gasteiger partial charge in [0.2, 0.25) is 59.1 Å². The lowest BCUT2D eigenvalue weighted by atomic mass is 9.90. The highest BCUT2D eigenvalue weighted by Crippen LogP contribution is 2.18. The predicted octanol–water partition coefficient (Wildman–Crippen LogP) is -5.16. The Labute approximate surface area is 403 Å². The largest absolute Gasteiger partial charge is 0.508 e. The Morgan fingerprint density at radius 2 is 1.59 bits per heavy atom. The number of rotatable bonds is 22. The fourth-order valence-electron chi connectivity index (χ4n) is 7.11. The first-order valence-corrected chi connectivity index (χ1v) is 23.4. The average molecular weight is 991 g/mol. The third-order valence-corrected chi connectivity index (χ3v) is 11.7. The van der Waals surface area contributed by atoms with Crippen LogP contribution in [0.4, 0.5) is 0 Å². The van der Waals surface area contributed by atoms with Crippen LogP contribution in [0.25, 0.3) is 0 Å². The van der Waals surface area contributed by atoms with E-state index in [1.54, 1.807) is 20.1 Å². The fourth-order valence-corrected chi connectivity index (χ4v) is 7.68. The molecular formula is C43H66N12O13S. The number of hydrogen-bond donors (Lipinski definition) is 12. The van der Waals surface area contributed by atoms with Gasteiger partial charge in [-0.25, -0.2) is 0 Å². The SMILES string of the molecule is CCC(C)C1NC[C@@](C=O)(Cc2ccc(O)cc2)NC(=O)CNC(=O)CC[C@@H](C(=O)N(C)CC(=O)N[C@](C=O)(CCSC)CNCC(N)=O)NC(=O)[C@H](CC(N)=O)NC(=O)[C@H](CCC(N)=O)NC1=O. The number of aromatic hydroxyl groups is 1. The summed E-state index contributed by atoms with van der Waals surface area (Å²) in [6, 6.07) is -0.480. The number of nitrogens with two attached hydrogens (primary N) is 3. The highest BCUT2D eigenvalue weighted by Gasteiger charge is 2.38. The maximum Gasteiger partial charge on any atom is 0.245 e. The first-order chi connectivity index (χ1) is 32.5. The van der Waals surface area contributed by atoms with E-state index < -0.39 is 145 Å². The van der Waals surface area contributed by atoms with Crippen LogP contribution in [0.3, 0.4) is 0 Å². The molecule has 2 rings (SSSR count). The van der Waals surface area contributed by atoms with Crippen molar-refractivity contribution < 1.29 is 62.6 Å². The molecule has 25 nitrogen and oxygen atoms in total. The number of nitrogens with zero attached hydrogens (tertiary/aromatic N) is 1. The summed E-state index contributed by atoms with van der Waals surface area (Å²) >= 11 is 1.37. The quantitative estimate of drug-likeness (QED) is 0.0483. The van der Waals surface area contributed by atoms with Crippen molar-refractivity contribution in [2.45, 2.75) is 100 Å². The second kappa shape index (κ2) is 28.6. The summed E-state index contributed by atoms with van der Waals surface area (Å²) in [6.45, 7) is 1.17. The zero-order chi connectivity index (χ0) is 51.9. The number of benzene rings is 1. The summed E-state index contributed by atoms with van der Waals surface area (Å²) in [5.41, 5.74) is 13.2. The Kier molecular flexibility index (Phi) is 24.2. The molecule has 10 amide bonds. The lowest BCUT2D eigenvalue weighted by Gasteiger charge is -2.34. The topological polar surface area (TPSA) is 403 Å². The Balaban J connectivity index is 2.64. The first-order valence-electron chi connectivity index (χ1n) is 22.0. The second-order valence-corrected chi connectivity index (χ2v) is 17.9. The van der Waals surface area contributed by atoms with Crippen molar-refractivity contribution in [3.05, 3.63) is 29.8 Å². The van der Waals surface area contributed by atoms with E-state index in [2.05, 4.69) is 42.5 Å². The van der Waals surface area contributed by atoms with Gasteiger partial charge in [0.15, 0.2) is 0 Å². The fraction of sp³-hybridized carbons (Fsp3) is 0.581. The molecule has 2 unspecified atom stereocenters. The third kappa shape index (κ3) is 20.2. The molecule has 1 aromatic rings. The molecule has 0 spiro atoms. The number of likely N-dealkylation sites (N-methyl/N-ethyl adjacent to an activating group) is 1. The highest BCUT2D eigenvalue weighted by molar-refractivity contribution is 7.98. The van der Waals surface area contributed by atoms with Gasteiger partial charge in [-0.15, -0.1) is 0 Å². The molecule has 15 N–H and O–H groups in total. The van der Waals surface area contributed by atoms with Gasteiger partial charge in [0.1, 0.15) is 47.5 Å². The number of phenols is 1. The molecule has 1 saturated heterocycles. The van der Waals surface area contributed by atoms with Crippen LogP contribution in [0.5, 0.6) is 5.75 Å². The summed E-state index contributed by atoms with van der Waals surface area (Å²) in [7, 11) is 1.18. The summed E-state index contributed by atoms with van der Waals surface area (Å²) in [4.78, 5) is 158. The lowest BCUT2D eigenvalue weighted by Crippen LogP contribution is -2.63. The van der Waals surface area contributed by atoms with Crippen molar-refractivity contribution in [3.63, 3.8) is 0 Å². The first kappa shape index (κ1) is 58.5. The number of carbonyl (C=O) groups excluding carboxylic acids is 12. The zero-order valence-electron chi connectivity index (χ0n) is 39.2. The maximum absolute atomic E-state index is 14.1. The molecule has 1 aliphatic heterocycles. The molecule has 0 bridgehead atoms. The minimum atomic E-state index is -1.82. The zero-order valence-corrected chi connectivity index (χ0v) is 40.0. The average Bonchev–Trinajstić information content (AvgIpc) is 3.29. The predicted molar refractivity (Wildman–Crippen MR) is 250 cm³/mol. The molecule has 0 radical (unpaired) electrons. The van der Waals surface area contributed by atoms with Gasteiger partial charge in [0.25, 0.3) is 0 Å². The summed E-state index contributed by atoms with van der Waals surface area (Å²) < 4.78 is 0. The highest BCUT2D eigenvalue weighted by atomic mass is 32.2. The molecule has 1 fully saturated rings. The van der Waals surface area contributed by atoms with Gasteiger partial charge in [0, 0.05) is 39.4 Å². The van der Waals surface area contributed by atoms with Gasteiger partial charge < -0.3 is 79.3 Å². The van der Waals surface area contributed by atoms with E-state index in [0.29, 0.717) is 30.3 Å². The Morgan fingerprint density at radius 1 is 0.942 bits per heavy atom. The van der Waals surface area contributed by atoms with Gasteiger partial charge in [-0.2, -0.15) is 11.8 Å². The van der Waals surface area contributed by atoms with Crippen LogP contribution in [0, 0.1) is 5.92 Å². The Morgan fingerprint density at radius 3 is 2.17 bits per heavy atom. The Bertz CT molecular complexity index is 2030. The molecule has 382 valence electrons. The van der Waals surface area contributed by atoms with Gasteiger partial charge in [-0.05, 0) is 54.9 Å². The van der Waals surface area contributed by atoms with Crippen molar-refractivity contribution >= 4 is 83.4 Å². The van der Waals surface area contributed by atoms with E-state index in [1.165, 1.54) is 43.1 Å². The van der Waals surface area contributed by atoms with Crippen LogP contribution in [0.1, 0.15) is 64.4 Å². The number of amides is 10. The van der Waals surface area contributed by atoms with E-state index in [-0.39, 0.29) is 38.2 Å². The molecule has 69 heavy (non-hydrogen) atoms. The molecular weight excluding hydrogens is 925 g/mol. The summed E-state index contributed by atoms with van der Waals surface area (Å²) in [5.74, 6) is -9.36. The molecule has 0 aromatic heterocycles. The molecule has 1 aromatic carbocycles. The number of phenolic OH excluding ortho intramolecular Hbond substituents is 1. The van der Waals surface area contributed by atoms with Crippen molar-refractivity contribution in [3.8, 4) is 5.75 Å². The van der Waals surface area contributed by atoms with Crippen LogP contribution in [0.15, 0.2) is 24.3 Å². The third-order valence-electron chi connectivity index (χ3n) is 11.1. The monoisotopic (exact) mass is 990 g/mol. The Hall–Kier alpha value is -6.67. The number of hydrogen-bond acceptors (Lipinski definition) is 16. The van der Waals surface area contributed by atoms with E-state index in [9.17, 15) is 62.6 Å². The number of thioether (sulfide) groups is 1. The molecule has 0 aliphatic carbocycles. The van der Waals surface area contributed by atoms with Crippen molar-refractivity contribution in [1.29, 1.82) is 0 Å². The molecule has 26 heteroatoms. The van der Waals surface area contributed by atoms with Crippen molar-refractivity contribution in [2.75, 3.05) is 51.8 Å². The second-order valence-electron chi connectivity index (χ2n) is 16.9. The van der Waals surface area contributed by atoms with Gasteiger partial charge in [-0.1, -0.05) is 32.4 Å². The van der Waals surface area contributed by atoms with Crippen LogP contribution in [-0.4, -0.2) is 169 Å². The number of primary amides is 3. The van der Waals surface area contributed by atoms with Gasteiger partial charge in [0.05, 0.1) is 32.1 Å². The van der Waals surface area contributed by atoms with Crippen molar-refractivity contribution in [2.24, 2.45) is 23.1 Å². The van der Waals surface area contributed by atoms with E-state index in [4.69, 9.17) is 17.2 Å². The molecule has 1 heterocycles. The summed E-state index contributed by atoms with van der Waals surface area (Å²) in [6.07, 6.45) is 0.303.